The largest absolute Gasteiger partial charge is 0.495 e. The van der Waals surface area contributed by atoms with Crippen molar-refractivity contribution in [2.24, 2.45) is 5.92 Å². The molecule has 1 saturated carbocycles. The van der Waals surface area contributed by atoms with Gasteiger partial charge in [0.25, 0.3) is 11.8 Å². The summed E-state index contributed by atoms with van der Waals surface area (Å²) in [5, 5.41) is 21.7. The molecule has 1 aromatic carbocycles. The number of anilines is 5. The van der Waals surface area contributed by atoms with Gasteiger partial charge < -0.3 is 45.4 Å². The molecule has 0 unspecified atom stereocenters. The zero-order chi connectivity index (χ0) is 45.0. The molecule has 0 spiro atoms. The molecule has 2 aromatic heterocycles. The Morgan fingerprint density at radius 3 is 2.39 bits per heavy atom. The lowest BCUT2D eigenvalue weighted by molar-refractivity contribution is -0.134. The van der Waals surface area contributed by atoms with Crippen molar-refractivity contribution in [2.45, 2.75) is 108 Å². The van der Waals surface area contributed by atoms with Crippen molar-refractivity contribution >= 4 is 58.4 Å². The maximum Gasteiger partial charge on any atom is 0.270 e. The molecule has 8 rings (SSSR count). The average molecular weight is 880 g/mol. The lowest BCUT2D eigenvalue weighted by atomic mass is 9.83. The van der Waals surface area contributed by atoms with Crippen LogP contribution in [0.5, 0.6) is 5.75 Å². The Morgan fingerprint density at radius 2 is 1.72 bits per heavy atom. The number of rotatable bonds is 14. The van der Waals surface area contributed by atoms with Gasteiger partial charge in [-0.2, -0.15) is 4.98 Å². The van der Waals surface area contributed by atoms with Crippen molar-refractivity contribution in [1.29, 1.82) is 0 Å². The number of ether oxygens (including phenoxy) is 1. The van der Waals surface area contributed by atoms with E-state index < -0.39 is 23.4 Å². The van der Waals surface area contributed by atoms with E-state index in [4.69, 9.17) is 9.72 Å². The number of nitrogens with zero attached hydrogens (tertiary/aromatic N) is 7. The monoisotopic (exact) mass is 879 g/mol. The number of aromatic nitrogens is 3. The molecular weight excluding hydrogens is 819 g/mol. The molecule has 0 bridgehead atoms. The van der Waals surface area contributed by atoms with Crippen LogP contribution in [0.15, 0.2) is 42.7 Å². The highest BCUT2D eigenvalue weighted by Crippen LogP contribution is 2.41. The number of aliphatic hydroxyl groups is 1. The van der Waals surface area contributed by atoms with Gasteiger partial charge in [0.2, 0.25) is 23.7 Å². The minimum absolute atomic E-state index is 0.0346. The Bertz CT molecular complexity index is 2200. The molecule has 5 amide bonds. The maximum atomic E-state index is 13.9. The number of carbonyl (C=O) groups is 5. The molecule has 5 N–H and O–H groups in total. The Kier molecular flexibility index (Phi) is 13.6. The molecule has 18 heteroatoms. The van der Waals surface area contributed by atoms with Crippen molar-refractivity contribution in [3.05, 3.63) is 54.0 Å². The minimum Gasteiger partial charge on any atom is -0.495 e. The van der Waals surface area contributed by atoms with E-state index in [0.29, 0.717) is 47.4 Å². The van der Waals surface area contributed by atoms with E-state index in [1.54, 1.807) is 55.7 Å². The highest BCUT2D eigenvalue weighted by Gasteiger charge is 2.42. The summed E-state index contributed by atoms with van der Waals surface area (Å²) in [5.41, 5.74) is 2.35. The van der Waals surface area contributed by atoms with Crippen molar-refractivity contribution in [3.8, 4) is 5.75 Å². The Labute approximate surface area is 373 Å². The van der Waals surface area contributed by atoms with E-state index in [2.05, 4.69) is 45.9 Å². The van der Waals surface area contributed by atoms with Crippen LogP contribution in [-0.4, -0.2) is 132 Å². The van der Waals surface area contributed by atoms with Gasteiger partial charge in [-0.15, -0.1) is 0 Å². The second-order valence-electron chi connectivity index (χ2n) is 17.9. The van der Waals surface area contributed by atoms with Crippen molar-refractivity contribution < 1.29 is 33.8 Å². The number of hydrogen-bond donors (Lipinski definition) is 5. The maximum absolute atomic E-state index is 13.9. The molecule has 1 aliphatic carbocycles. The predicted molar refractivity (Wildman–Crippen MR) is 241 cm³/mol. The van der Waals surface area contributed by atoms with Crippen LogP contribution in [0.4, 0.5) is 28.8 Å². The molecule has 3 saturated heterocycles. The van der Waals surface area contributed by atoms with Crippen molar-refractivity contribution in [3.63, 3.8) is 0 Å². The van der Waals surface area contributed by atoms with Gasteiger partial charge in [0.1, 0.15) is 29.2 Å². The zero-order valence-electron chi connectivity index (χ0n) is 37.1. The number of likely N-dealkylation sites (N-methyl/N-ethyl adjacent to an activating group) is 1. The summed E-state index contributed by atoms with van der Waals surface area (Å²) in [7, 11) is 3.34. The van der Waals surface area contributed by atoms with E-state index >= 15 is 0 Å². The first-order valence-electron chi connectivity index (χ1n) is 22.9. The van der Waals surface area contributed by atoms with Gasteiger partial charge in [-0.25, -0.2) is 9.97 Å². The first kappa shape index (κ1) is 44.7. The summed E-state index contributed by atoms with van der Waals surface area (Å²) >= 11 is 0. The van der Waals surface area contributed by atoms with Crippen LogP contribution >= 0.6 is 0 Å². The normalized spacial score (nSPS) is 21.9. The number of pyridine rings is 1. The predicted octanol–water partition coefficient (Wildman–Crippen LogP) is 3.53. The molecule has 6 heterocycles. The number of aliphatic hydroxyl groups excluding tert-OH is 1. The number of carbonyl (C=O) groups excluding carboxylic acids is 5. The molecule has 3 aromatic rings. The third-order valence-electron chi connectivity index (χ3n) is 13.9. The van der Waals surface area contributed by atoms with Crippen LogP contribution in [0.25, 0.3) is 0 Å². The third-order valence-corrected chi connectivity index (χ3v) is 13.9. The van der Waals surface area contributed by atoms with Crippen molar-refractivity contribution in [2.75, 3.05) is 73.5 Å². The molecule has 2 atom stereocenters. The summed E-state index contributed by atoms with van der Waals surface area (Å²) in [6, 6.07) is 8.02. The number of methoxy groups -OCH3 is 1. The minimum atomic E-state index is -0.752. The summed E-state index contributed by atoms with van der Waals surface area (Å²) < 4.78 is 5.76. The third kappa shape index (κ3) is 9.62. The van der Waals surface area contributed by atoms with E-state index in [1.165, 1.54) is 0 Å². The van der Waals surface area contributed by atoms with Gasteiger partial charge in [0.05, 0.1) is 30.9 Å². The molecule has 5 aliphatic rings. The second-order valence-corrected chi connectivity index (χ2v) is 17.9. The highest BCUT2D eigenvalue weighted by atomic mass is 16.5. The summed E-state index contributed by atoms with van der Waals surface area (Å²) in [4.78, 5) is 85.9. The quantitative estimate of drug-likeness (QED) is 0.147. The molecule has 64 heavy (non-hydrogen) atoms. The van der Waals surface area contributed by atoms with E-state index in [0.717, 1.165) is 95.6 Å². The Hall–Kier alpha value is -5.88. The smallest absolute Gasteiger partial charge is 0.270 e. The summed E-state index contributed by atoms with van der Waals surface area (Å²) in [5.74, 6) is 0.635. The van der Waals surface area contributed by atoms with Crippen LogP contribution < -0.4 is 40.7 Å². The number of fused-ring (bicyclic) bond motifs is 1. The van der Waals surface area contributed by atoms with Crippen LogP contribution in [0.1, 0.15) is 105 Å². The first-order chi connectivity index (χ1) is 31.0. The fourth-order valence-corrected chi connectivity index (χ4v) is 10.1. The molecule has 18 nitrogen and oxygen atoms in total. The molecule has 4 aliphatic heterocycles. The second kappa shape index (κ2) is 19.5. The molecule has 342 valence electrons. The number of benzene rings is 1. The number of hydrogen-bond acceptors (Lipinski definition) is 14. The molecular formula is C46H61N11O7. The number of nitrogens with one attached hydrogen (secondary N) is 4. The SMILES string of the molecule is CC[C@@H]1C(=O)N(C)c2cnc(Nc3ccc(C(=O)NC4(CCO)CCN(CC5CCN(c6ccc(C(=O)N[C@H]7CCC(=O)NC7=O)nc6)CC5)CC4)cc3OC)nc2N1C1CCCC1. The van der Waals surface area contributed by atoms with E-state index in [9.17, 15) is 29.1 Å². The lowest BCUT2D eigenvalue weighted by Gasteiger charge is -2.44. The Balaban J connectivity index is 0.834. The molecule has 0 radical (unpaired) electrons. The van der Waals surface area contributed by atoms with Crippen LogP contribution in [0.3, 0.4) is 0 Å². The number of piperidine rings is 3. The number of imide groups is 1. The Morgan fingerprint density at radius 1 is 0.953 bits per heavy atom. The van der Waals surface area contributed by atoms with E-state index in [1.807, 2.05) is 13.0 Å². The van der Waals surface area contributed by atoms with Gasteiger partial charge >= 0.3 is 0 Å². The van der Waals surface area contributed by atoms with Crippen LogP contribution in [0, 0.1) is 5.92 Å². The van der Waals surface area contributed by atoms with Gasteiger partial charge in [0.15, 0.2) is 5.82 Å². The van der Waals surface area contributed by atoms with E-state index in [-0.39, 0.29) is 54.9 Å². The zero-order valence-corrected chi connectivity index (χ0v) is 37.1. The summed E-state index contributed by atoms with van der Waals surface area (Å²) in [6.45, 7) is 6.31. The summed E-state index contributed by atoms with van der Waals surface area (Å²) in [6.07, 6.45) is 12.8. The van der Waals surface area contributed by atoms with Gasteiger partial charge in [-0.05, 0) is 94.0 Å². The fraction of sp³-hybridized carbons (Fsp3) is 0.565. The average Bonchev–Trinajstić information content (AvgIpc) is 3.84. The fourth-order valence-electron chi connectivity index (χ4n) is 10.1. The number of amides is 5. The van der Waals surface area contributed by atoms with Gasteiger partial charge in [-0.1, -0.05) is 19.8 Å². The lowest BCUT2D eigenvalue weighted by Crippen LogP contribution is -2.56. The standard InChI is InChI=1S/C46H61N11O7/c1-4-36-44(63)54(2)37-27-48-45(52-40(37)57(36)31-7-5-6-8-31)50-33-11-9-30(25-38(33)64-3)41(60)53-46(19-24-58)17-22-55(23-18-46)28-29-15-20-56(21-16-29)32-10-12-34(47-26-32)42(61)49-35-13-14-39(59)51-43(35)62/h9-12,25-27,29,31,35-36,58H,4-8,13-24,28H2,1-3H3,(H,49,61)(H,53,60)(H,48,50,52)(H,51,59,62)/t35-,36+/m0/s1. The number of likely N-dealkylation sites (tertiary alicyclic amines) is 1. The topological polar surface area (TPSA) is 215 Å². The van der Waals surface area contributed by atoms with Gasteiger partial charge in [0, 0.05) is 69.9 Å². The highest BCUT2D eigenvalue weighted by molar-refractivity contribution is 6.05. The molecule has 4 fully saturated rings. The van der Waals surface area contributed by atoms with Crippen molar-refractivity contribution in [1.82, 2.24) is 35.8 Å². The van der Waals surface area contributed by atoms with Crippen LogP contribution in [-0.2, 0) is 14.4 Å². The van der Waals surface area contributed by atoms with Crippen LogP contribution in [0.2, 0.25) is 0 Å². The first-order valence-corrected chi connectivity index (χ1v) is 22.9. The van der Waals surface area contributed by atoms with Gasteiger partial charge in [-0.3, -0.25) is 29.3 Å².